The SMILES string of the molecule is CCNC(c1ccccc1)c1nnc(C(C)S(C)(=O)=O)o1. The lowest BCUT2D eigenvalue weighted by Gasteiger charge is -2.14. The normalized spacial score (nSPS) is 14.8. The quantitative estimate of drug-likeness (QED) is 0.877. The van der Waals surface area contributed by atoms with Gasteiger partial charge in [0.05, 0.1) is 0 Å². The number of nitrogens with zero attached hydrogens (tertiary/aromatic N) is 2. The zero-order valence-corrected chi connectivity index (χ0v) is 13.1. The molecule has 0 aliphatic carbocycles. The van der Waals surface area contributed by atoms with E-state index in [2.05, 4.69) is 15.5 Å². The fourth-order valence-electron chi connectivity index (χ4n) is 1.91. The van der Waals surface area contributed by atoms with E-state index in [1.807, 2.05) is 37.3 Å². The van der Waals surface area contributed by atoms with Gasteiger partial charge in [0.15, 0.2) is 9.84 Å². The minimum Gasteiger partial charge on any atom is -0.422 e. The van der Waals surface area contributed by atoms with Crippen molar-refractivity contribution in [3.05, 3.63) is 47.7 Å². The molecule has 1 heterocycles. The van der Waals surface area contributed by atoms with Crippen LogP contribution in [0.15, 0.2) is 34.7 Å². The number of rotatable bonds is 6. The molecule has 1 aromatic heterocycles. The van der Waals surface area contributed by atoms with E-state index < -0.39 is 15.1 Å². The highest BCUT2D eigenvalue weighted by Crippen LogP contribution is 2.25. The maximum absolute atomic E-state index is 11.6. The summed E-state index contributed by atoms with van der Waals surface area (Å²) in [6, 6.07) is 9.45. The summed E-state index contributed by atoms with van der Waals surface area (Å²) in [7, 11) is -3.26. The van der Waals surface area contributed by atoms with E-state index in [0.717, 1.165) is 18.4 Å². The Labute approximate surface area is 124 Å². The first-order valence-corrected chi connectivity index (χ1v) is 8.69. The van der Waals surface area contributed by atoms with Crippen LogP contribution in [-0.2, 0) is 9.84 Å². The Morgan fingerprint density at radius 1 is 1.19 bits per heavy atom. The van der Waals surface area contributed by atoms with Crippen molar-refractivity contribution in [2.75, 3.05) is 12.8 Å². The molecule has 0 amide bonds. The predicted octanol–water partition coefficient (Wildman–Crippen LogP) is 1.87. The molecule has 2 atom stereocenters. The molecule has 1 aromatic carbocycles. The van der Waals surface area contributed by atoms with Crippen LogP contribution in [0.1, 0.15) is 42.5 Å². The number of nitrogens with one attached hydrogen (secondary N) is 1. The molecule has 2 aromatic rings. The second-order valence-electron chi connectivity index (χ2n) is 4.85. The summed E-state index contributed by atoms with van der Waals surface area (Å²) in [5, 5.41) is 10.3. The number of aromatic nitrogens is 2. The van der Waals surface area contributed by atoms with Crippen LogP contribution in [0, 0.1) is 0 Å². The van der Waals surface area contributed by atoms with E-state index in [1.54, 1.807) is 0 Å². The molecule has 6 nitrogen and oxygen atoms in total. The first-order valence-electron chi connectivity index (χ1n) is 6.74. The number of hydrogen-bond acceptors (Lipinski definition) is 6. The van der Waals surface area contributed by atoms with E-state index in [1.165, 1.54) is 6.92 Å². The van der Waals surface area contributed by atoms with Crippen LogP contribution in [0.2, 0.25) is 0 Å². The van der Waals surface area contributed by atoms with Crippen LogP contribution in [-0.4, -0.2) is 31.4 Å². The molecule has 2 unspecified atom stereocenters. The molecule has 2 rings (SSSR count). The Balaban J connectivity index is 2.33. The molecule has 0 saturated carbocycles. The lowest BCUT2D eigenvalue weighted by molar-refractivity contribution is 0.406. The molecule has 0 spiro atoms. The van der Waals surface area contributed by atoms with Crippen LogP contribution in [0.5, 0.6) is 0 Å². The van der Waals surface area contributed by atoms with Gasteiger partial charge in [0.25, 0.3) is 0 Å². The molecule has 0 aliphatic rings. The Morgan fingerprint density at radius 3 is 2.38 bits per heavy atom. The Bertz CT molecular complexity index is 682. The maximum Gasteiger partial charge on any atom is 0.237 e. The van der Waals surface area contributed by atoms with Gasteiger partial charge in [-0.05, 0) is 19.0 Å². The minimum absolute atomic E-state index is 0.117. The third-order valence-electron chi connectivity index (χ3n) is 3.23. The van der Waals surface area contributed by atoms with E-state index in [-0.39, 0.29) is 11.9 Å². The topological polar surface area (TPSA) is 85.1 Å². The van der Waals surface area contributed by atoms with Gasteiger partial charge in [-0.25, -0.2) is 8.42 Å². The maximum atomic E-state index is 11.6. The molecule has 1 N–H and O–H groups in total. The molecule has 0 fully saturated rings. The number of sulfone groups is 1. The fourth-order valence-corrected chi connectivity index (χ4v) is 2.37. The van der Waals surface area contributed by atoms with E-state index in [4.69, 9.17) is 4.42 Å². The van der Waals surface area contributed by atoms with Crippen molar-refractivity contribution in [3.63, 3.8) is 0 Å². The van der Waals surface area contributed by atoms with Crippen molar-refractivity contribution in [2.45, 2.75) is 25.1 Å². The average Bonchev–Trinajstić information content (AvgIpc) is 2.93. The minimum atomic E-state index is -3.26. The summed E-state index contributed by atoms with van der Waals surface area (Å²) in [5.74, 6) is 0.486. The molecular weight excluding hydrogens is 290 g/mol. The van der Waals surface area contributed by atoms with Crippen molar-refractivity contribution in [1.82, 2.24) is 15.5 Å². The highest BCUT2D eigenvalue weighted by atomic mass is 32.2. The number of hydrogen-bond donors (Lipinski definition) is 1. The average molecular weight is 309 g/mol. The van der Waals surface area contributed by atoms with Gasteiger partial charge in [-0.2, -0.15) is 0 Å². The van der Waals surface area contributed by atoms with Gasteiger partial charge in [0, 0.05) is 6.26 Å². The Hall–Kier alpha value is -1.73. The van der Waals surface area contributed by atoms with Gasteiger partial charge in [0.2, 0.25) is 11.8 Å². The molecule has 7 heteroatoms. The summed E-state index contributed by atoms with van der Waals surface area (Å²) in [6.07, 6.45) is 1.15. The molecule has 21 heavy (non-hydrogen) atoms. The van der Waals surface area contributed by atoms with Gasteiger partial charge in [0.1, 0.15) is 11.3 Å². The van der Waals surface area contributed by atoms with Gasteiger partial charge in [-0.1, -0.05) is 37.3 Å². The first-order chi connectivity index (χ1) is 9.93. The van der Waals surface area contributed by atoms with Gasteiger partial charge in [-0.15, -0.1) is 10.2 Å². The second kappa shape index (κ2) is 6.36. The molecule has 114 valence electrons. The highest BCUT2D eigenvalue weighted by Gasteiger charge is 2.26. The van der Waals surface area contributed by atoms with Gasteiger partial charge >= 0.3 is 0 Å². The largest absolute Gasteiger partial charge is 0.422 e. The van der Waals surface area contributed by atoms with Gasteiger partial charge < -0.3 is 9.73 Å². The third kappa shape index (κ3) is 3.68. The number of benzene rings is 1. The van der Waals surface area contributed by atoms with Crippen LogP contribution in [0.4, 0.5) is 0 Å². The zero-order valence-electron chi connectivity index (χ0n) is 12.3. The summed E-state index contributed by atoms with van der Waals surface area (Å²) in [4.78, 5) is 0. The summed E-state index contributed by atoms with van der Waals surface area (Å²) < 4.78 is 28.7. The molecular formula is C14H19N3O3S. The van der Waals surface area contributed by atoms with Crippen molar-refractivity contribution < 1.29 is 12.8 Å². The van der Waals surface area contributed by atoms with Crippen LogP contribution in [0.25, 0.3) is 0 Å². The monoisotopic (exact) mass is 309 g/mol. The van der Waals surface area contributed by atoms with Crippen LogP contribution < -0.4 is 5.32 Å². The van der Waals surface area contributed by atoms with Crippen LogP contribution >= 0.6 is 0 Å². The zero-order chi connectivity index (χ0) is 15.5. The lowest BCUT2D eigenvalue weighted by atomic mass is 10.1. The molecule has 0 aliphatic heterocycles. The summed E-state index contributed by atoms with van der Waals surface area (Å²) in [5.41, 5.74) is 0.988. The summed E-state index contributed by atoms with van der Waals surface area (Å²) >= 11 is 0. The van der Waals surface area contributed by atoms with Crippen molar-refractivity contribution in [3.8, 4) is 0 Å². The lowest BCUT2D eigenvalue weighted by Crippen LogP contribution is -2.22. The standard InChI is InChI=1S/C14H19N3O3S/c1-4-15-12(11-8-6-5-7-9-11)14-17-16-13(20-14)10(2)21(3,18)19/h5-10,12,15H,4H2,1-3H3. The van der Waals surface area contributed by atoms with E-state index in [9.17, 15) is 8.42 Å². The highest BCUT2D eigenvalue weighted by molar-refractivity contribution is 7.90. The Morgan fingerprint density at radius 2 is 1.81 bits per heavy atom. The summed E-state index contributed by atoms with van der Waals surface area (Å²) in [6.45, 7) is 4.24. The molecule has 0 bridgehead atoms. The second-order valence-corrected chi connectivity index (χ2v) is 7.22. The van der Waals surface area contributed by atoms with E-state index in [0.29, 0.717) is 5.89 Å². The van der Waals surface area contributed by atoms with Crippen molar-refractivity contribution in [1.29, 1.82) is 0 Å². The molecule has 0 saturated heterocycles. The first kappa shape index (κ1) is 15.7. The molecule has 0 radical (unpaired) electrons. The van der Waals surface area contributed by atoms with Gasteiger partial charge in [-0.3, -0.25) is 0 Å². The van der Waals surface area contributed by atoms with E-state index >= 15 is 0 Å². The predicted molar refractivity (Wildman–Crippen MR) is 79.5 cm³/mol. The van der Waals surface area contributed by atoms with Crippen LogP contribution in [0.3, 0.4) is 0 Å². The smallest absolute Gasteiger partial charge is 0.237 e. The van der Waals surface area contributed by atoms with Crippen molar-refractivity contribution in [2.24, 2.45) is 0 Å². The fraction of sp³-hybridized carbons (Fsp3) is 0.429. The van der Waals surface area contributed by atoms with Crippen molar-refractivity contribution >= 4 is 9.84 Å². The Kier molecular flexibility index (Phi) is 4.74. The third-order valence-corrected chi connectivity index (χ3v) is 4.72.